The number of rotatable bonds is 4. The SMILES string of the molecule is COC(=O)c1sccc1S(=O)(=O)Nc1ccc2c(c1)OC1(CCCC1)O2. The minimum atomic E-state index is -3.94. The van der Waals surface area contributed by atoms with Crippen molar-refractivity contribution in [1.29, 1.82) is 0 Å². The number of anilines is 1. The maximum atomic E-state index is 12.7. The molecule has 1 aromatic heterocycles. The highest BCUT2D eigenvalue weighted by atomic mass is 32.2. The van der Waals surface area contributed by atoms with Crippen molar-refractivity contribution in [3.05, 3.63) is 34.5 Å². The van der Waals surface area contributed by atoms with Crippen LogP contribution in [0.15, 0.2) is 34.5 Å². The maximum absolute atomic E-state index is 12.7. The van der Waals surface area contributed by atoms with Crippen LogP contribution in [0.3, 0.4) is 0 Å². The zero-order valence-electron chi connectivity index (χ0n) is 14.0. The number of ether oxygens (including phenoxy) is 3. The lowest BCUT2D eigenvalue weighted by Crippen LogP contribution is -2.34. The number of esters is 1. The molecular weight excluding hydrogens is 378 g/mol. The molecule has 0 atom stereocenters. The normalized spacial score (nSPS) is 17.4. The third-order valence-electron chi connectivity index (χ3n) is 4.44. The fourth-order valence-electron chi connectivity index (χ4n) is 3.24. The highest BCUT2D eigenvalue weighted by molar-refractivity contribution is 7.93. The summed E-state index contributed by atoms with van der Waals surface area (Å²) in [6.07, 6.45) is 3.73. The van der Waals surface area contributed by atoms with Crippen molar-refractivity contribution >= 4 is 33.0 Å². The lowest BCUT2D eigenvalue weighted by atomic mass is 10.2. The van der Waals surface area contributed by atoms with Crippen LogP contribution in [0.4, 0.5) is 5.69 Å². The fourth-order valence-corrected chi connectivity index (χ4v) is 5.62. The van der Waals surface area contributed by atoms with Crippen molar-refractivity contribution in [2.24, 2.45) is 0 Å². The van der Waals surface area contributed by atoms with Crippen molar-refractivity contribution in [1.82, 2.24) is 0 Å². The van der Waals surface area contributed by atoms with Crippen molar-refractivity contribution in [2.75, 3.05) is 11.8 Å². The number of hydrogen-bond donors (Lipinski definition) is 1. The molecule has 26 heavy (non-hydrogen) atoms. The molecule has 0 unspecified atom stereocenters. The molecule has 1 aliphatic carbocycles. The van der Waals surface area contributed by atoms with Gasteiger partial charge in [-0.2, -0.15) is 0 Å². The van der Waals surface area contributed by atoms with Gasteiger partial charge in [-0.15, -0.1) is 11.3 Å². The smallest absolute Gasteiger partial charge is 0.349 e. The molecule has 1 N–H and O–H groups in total. The molecule has 1 aliphatic heterocycles. The summed E-state index contributed by atoms with van der Waals surface area (Å²) >= 11 is 1.01. The second-order valence-electron chi connectivity index (χ2n) is 6.19. The van der Waals surface area contributed by atoms with E-state index in [1.807, 2.05) is 0 Å². The van der Waals surface area contributed by atoms with Gasteiger partial charge in [0.1, 0.15) is 9.77 Å². The maximum Gasteiger partial charge on any atom is 0.349 e. The van der Waals surface area contributed by atoms with Gasteiger partial charge in [-0.1, -0.05) is 0 Å². The van der Waals surface area contributed by atoms with Crippen LogP contribution in [0.25, 0.3) is 0 Å². The Morgan fingerprint density at radius 1 is 1.19 bits per heavy atom. The summed E-state index contributed by atoms with van der Waals surface area (Å²) in [5, 5.41) is 1.53. The molecule has 7 nitrogen and oxygen atoms in total. The van der Waals surface area contributed by atoms with Gasteiger partial charge in [0.25, 0.3) is 15.8 Å². The number of benzene rings is 1. The summed E-state index contributed by atoms with van der Waals surface area (Å²) in [4.78, 5) is 11.7. The predicted molar refractivity (Wildman–Crippen MR) is 95.4 cm³/mol. The Balaban J connectivity index is 1.59. The number of hydrogen-bond acceptors (Lipinski definition) is 7. The zero-order valence-corrected chi connectivity index (χ0v) is 15.6. The summed E-state index contributed by atoms with van der Waals surface area (Å²) < 4.78 is 44.3. The number of sulfonamides is 1. The first-order valence-electron chi connectivity index (χ1n) is 8.13. The number of thiophene rings is 1. The molecular formula is C17H17NO6S2. The Bertz CT molecular complexity index is 959. The van der Waals surface area contributed by atoms with E-state index in [0.29, 0.717) is 17.2 Å². The topological polar surface area (TPSA) is 90.9 Å². The van der Waals surface area contributed by atoms with Crippen LogP contribution in [0.1, 0.15) is 35.4 Å². The monoisotopic (exact) mass is 395 g/mol. The van der Waals surface area contributed by atoms with E-state index in [1.165, 1.54) is 18.6 Å². The van der Waals surface area contributed by atoms with Crippen molar-refractivity contribution in [3.63, 3.8) is 0 Å². The largest absolute Gasteiger partial charge is 0.465 e. The lowest BCUT2D eigenvalue weighted by molar-refractivity contribution is -0.0716. The van der Waals surface area contributed by atoms with E-state index in [4.69, 9.17) is 9.47 Å². The van der Waals surface area contributed by atoms with Crippen molar-refractivity contribution < 1.29 is 27.4 Å². The van der Waals surface area contributed by atoms with E-state index in [-0.39, 0.29) is 9.77 Å². The third kappa shape index (κ3) is 2.90. The number of methoxy groups -OCH3 is 1. The number of carbonyl (C=O) groups excluding carboxylic acids is 1. The molecule has 9 heteroatoms. The molecule has 138 valence electrons. The quantitative estimate of drug-likeness (QED) is 0.798. The van der Waals surface area contributed by atoms with E-state index < -0.39 is 21.8 Å². The van der Waals surface area contributed by atoms with Gasteiger partial charge in [0.2, 0.25) is 0 Å². The van der Waals surface area contributed by atoms with Crippen molar-refractivity contribution in [3.8, 4) is 11.5 Å². The zero-order chi connectivity index (χ0) is 18.4. The lowest BCUT2D eigenvalue weighted by Gasteiger charge is -2.21. The van der Waals surface area contributed by atoms with Gasteiger partial charge in [-0.05, 0) is 36.4 Å². The van der Waals surface area contributed by atoms with E-state index in [0.717, 1.165) is 37.0 Å². The third-order valence-corrected chi connectivity index (χ3v) is 6.89. The van der Waals surface area contributed by atoms with Crippen LogP contribution in [0.5, 0.6) is 11.5 Å². The average molecular weight is 395 g/mol. The Kier molecular flexibility index (Phi) is 4.07. The van der Waals surface area contributed by atoms with Gasteiger partial charge in [-0.25, -0.2) is 13.2 Å². The average Bonchev–Trinajstić information content (AvgIpc) is 3.33. The van der Waals surface area contributed by atoms with Crippen LogP contribution >= 0.6 is 11.3 Å². The van der Waals surface area contributed by atoms with Crippen LogP contribution in [0.2, 0.25) is 0 Å². The van der Waals surface area contributed by atoms with Gasteiger partial charge >= 0.3 is 5.97 Å². The minimum Gasteiger partial charge on any atom is -0.465 e. The van der Waals surface area contributed by atoms with Gasteiger partial charge < -0.3 is 14.2 Å². The Labute approximate surface area is 154 Å². The molecule has 1 fully saturated rings. The summed E-state index contributed by atoms with van der Waals surface area (Å²) in [5.41, 5.74) is 0.337. The van der Waals surface area contributed by atoms with Crippen LogP contribution in [0, 0.1) is 0 Å². The molecule has 2 aliphatic rings. The summed E-state index contributed by atoms with van der Waals surface area (Å²) in [7, 11) is -2.73. The Morgan fingerprint density at radius 2 is 1.92 bits per heavy atom. The van der Waals surface area contributed by atoms with E-state index in [2.05, 4.69) is 9.46 Å². The highest BCUT2D eigenvalue weighted by Crippen LogP contribution is 2.47. The molecule has 0 amide bonds. The number of fused-ring (bicyclic) bond motifs is 1. The van der Waals surface area contributed by atoms with Gasteiger partial charge in [0, 0.05) is 18.9 Å². The van der Waals surface area contributed by atoms with Gasteiger partial charge in [0.15, 0.2) is 11.5 Å². The van der Waals surface area contributed by atoms with Crippen LogP contribution < -0.4 is 14.2 Å². The molecule has 2 heterocycles. The first kappa shape index (κ1) is 17.2. The molecule has 0 bridgehead atoms. The summed E-state index contributed by atoms with van der Waals surface area (Å²) in [6.45, 7) is 0. The standard InChI is InChI=1S/C17H17NO6S2/c1-22-16(19)15-14(6-9-25-15)26(20,21)18-11-4-5-12-13(10-11)24-17(23-12)7-2-3-8-17/h4-6,9-10,18H,2-3,7-8H2,1H3. The van der Waals surface area contributed by atoms with Gasteiger partial charge in [0.05, 0.1) is 12.8 Å². The predicted octanol–water partition coefficient (Wildman–Crippen LogP) is 3.38. The fraction of sp³-hybridized carbons (Fsp3) is 0.353. The highest BCUT2D eigenvalue weighted by Gasteiger charge is 2.44. The molecule has 1 aromatic carbocycles. The van der Waals surface area contributed by atoms with Crippen LogP contribution in [-0.2, 0) is 14.8 Å². The molecule has 1 saturated carbocycles. The van der Waals surface area contributed by atoms with E-state index in [1.54, 1.807) is 18.2 Å². The first-order chi connectivity index (χ1) is 12.4. The minimum absolute atomic E-state index is 0.0330. The van der Waals surface area contributed by atoms with Crippen LogP contribution in [-0.4, -0.2) is 27.3 Å². The number of carbonyl (C=O) groups is 1. The second kappa shape index (κ2) is 6.17. The van der Waals surface area contributed by atoms with Gasteiger partial charge in [-0.3, -0.25) is 4.72 Å². The molecule has 0 saturated heterocycles. The molecule has 1 spiro atoms. The Morgan fingerprint density at radius 3 is 2.65 bits per heavy atom. The summed E-state index contributed by atoms with van der Waals surface area (Å²) in [5.74, 6) is -0.161. The molecule has 0 radical (unpaired) electrons. The van der Waals surface area contributed by atoms with Crippen molar-refractivity contribution in [2.45, 2.75) is 36.4 Å². The molecule has 4 rings (SSSR count). The van der Waals surface area contributed by atoms with E-state index >= 15 is 0 Å². The first-order valence-corrected chi connectivity index (χ1v) is 10.5. The Hall–Kier alpha value is -2.26. The number of nitrogens with one attached hydrogen (secondary N) is 1. The van der Waals surface area contributed by atoms with E-state index in [9.17, 15) is 13.2 Å². The molecule has 2 aromatic rings. The summed E-state index contributed by atoms with van der Waals surface area (Å²) in [6, 6.07) is 6.27. The second-order valence-corrected chi connectivity index (χ2v) is 8.76.